The molecule has 5 rings (SSSR count). The van der Waals surface area contributed by atoms with Gasteiger partial charge in [-0.2, -0.15) is 5.26 Å². The third kappa shape index (κ3) is 2.85. The summed E-state index contributed by atoms with van der Waals surface area (Å²) in [5, 5.41) is 14.1. The minimum Gasteiger partial charge on any atom is -0.347 e. The minimum atomic E-state index is -0.142. The highest BCUT2D eigenvalue weighted by Gasteiger charge is 2.30. The van der Waals surface area contributed by atoms with Crippen LogP contribution in [0.3, 0.4) is 0 Å². The molecule has 1 aromatic carbocycles. The van der Waals surface area contributed by atoms with Crippen molar-refractivity contribution in [1.29, 1.82) is 5.26 Å². The van der Waals surface area contributed by atoms with Crippen LogP contribution in [0.1, 0.15) is 35.3 Å². The summed E-state index contributed by atoms with van der Waals surface area (Å²) in [5.41, 5.74) is 0.958. The van der Waals surface area contributed by atoms with Crippen molar-refractivity contribution in [2.75, 3.05) is 19.6 Å². The van der Waals surface area contributed by atoms with Gasteiger partial charge in [0.15, 0.2) is 0 Å². The molecule has 3 aliphatic heterocycles. The maximum absolute atomic E-state index is 12.6. The summed E-state index contributed by atoms with van der Waals surface area (Å²) in [6.45, 7) is 3.23. The molecule has 1 N–H and O–H groups in total. The molecule has 0 aliphatic carbocycles. The van der Waals surface area contributed by atoms with Gasteiger partial charge in [0.2, 0.25) is 0 Å². The quantitative estimate of drug-likeness (QED) is 0.922. The third-order valence-electron chi connectivity index (χ3n) is 5.26. The van der Waals surface area contributed by atoms with Crippen LogP contribution < -0.4 is 5.32 Å². The second kappa shape index (κ2) is 6.21. The molecule has 0 saturated carbocycles. The number of aromatic nitrogens is 1. The first-order chi connectivity index (χ1) is 11.7. The fourth-order valence-corrected chi connectivity index (χ4v) is 3.95. The van der Waals surface area contributed by atoms with E-state index in [0.29, 0.717) is 11.3 Å². The first kappa shape index (κ1) is 15.1. The Morgan fingerprint density at radius 1 is 1.33 bits per heavy atom. The van der Waals surface area contributed by atoms with Crippen LogP contribution in [0.2, 0.25) is 0 Å². The van der Waals surface area contributed by atoms with E-state index < -0.39 is 0 Å². The van der Waals surface area contributed by atoms with Gasteiger partial charge in [-0.1, -0.05) is 12.1 Å². The van der Waals surface area contributed by atoms with Crippen LogP contribution in [0.25, 0.3) is 10.8 Å². The second-order valence-electron chi connectivity index (χ2n) is 6.86. The molecule has 1 amide bonds. The molecule has 24 heavy (non-hydrogen) atoms. The number of fused-ring (bicyclic) bond motifs is 5. The van der Waals surface area contributed by atoms with Crippen LogP contribution in [0.5, 0.6) is 0 Å². The molecule has 1 atom stereocenters. The summed E-state index contributed by atoms with van der Waals surface area (Å²) in [7, 11) is 0. The van der Waals surface area contributed by atoms with Crippen molar-refractivity contribution in [2.45, 2.75) is 25.3 Å². The standard InChI is InChI=1S/C19H20N4O/c20-10-14-2-1-3-15-11-21-18(9-17(14)15)19(24)22-16-8-13-4-6-23(12-16)7-5-13/h1-3,9,11,13,16H,4-8,12H2,(H,22,24). The van der Waals surface area contributed by atoms with Crippen LogP contribution in [-0.4, -0.2) is 41.5 Å². The SMILES string of the molecule is N#Cc1cccc2cnc(C(=O)NC3CC4CCN(CC4)C3)cc12. The molecular weight excluding hydrogens is 300 g/mol. The van der Waals surface area contributed by atoms with Crippen molar-refractivity contribution >= 4 is 16.7 Å². The van der Waals surface area contributed by atoms with Gasteiger partial charge in [-0.3, -0.25) is 9.78 Å². The largest absolute Gasteiger partial charge is 0.347 e. The Morgan fingerprint density at radius 3 is 2.96 bits per heavy atom. The summed E-state index contributed by atoms with van der Waals surface area (Å²) in [5.74, 6) is 0.584. The second-order valence-corrected chi connectivity index (χ2v) is 6.86. The summed E-state index contributed by atoms with van der Waals surface area (Å²) >= 11 is 0. The molecule has 3 fully saturated rings. The number of benzene rings is 1. The number of hydrogen-bond acceptors (Lipinski definition) is 4. The molecular formula is C19H20N4O. The van der Waals surface area contributed by atoms with Gasteiger partial charge in [0.25, 0.3) is 5.91 Å². The number of nitrogens with one attached hydrogen (secondary N) is 1. The molecule has 3 saturated heterocycles. The first-order valence-corrected chi connectivity index (χ1v) is 8.55. The normalized spacial score (nSPS) is 25.9. The number of hydrogen-bond donors (Lipinski definition) is 1. The first-order valence-electron chi connectivity index (χ1n) is 8.55. The highest BCUT2D eigenvalue weighted by molar-refractivity contribution is 5.97. The van der Waals surface area contributed by atoms with E-state index in [2.05, 4.69) is 21.3 Å². The molecule has 0 spiro atoms. The van der Waals surface area contributed by atoms with Crippen molar-refractivity contribution < 1.29 is 4.79 Å². The Hall–Kier alpha value is -2.45. The molecule has 0 radical (unpaired) electrons. The Morgan fingerprint density at radius 2 is 2.17 bits per heavy atom. The number of nitrogens with zero attached hydrogens (tertiary/aromatic N) is 3. The third-order valence-corrected chi connectivity index (χ3v) is 5.26. The highest BCUT2D eigenvalue weighted by atomic mass is 16.1. The van der Waals surface area contributed by atoms with E-state index in [1.807, 2.05) is 12.1 Å². The van der Waals surface area contributed by atoms with Crippen molar-refractivity contribution in [1.82, 2.24) is 15.2 Å². The van der Waals surface area contributed by atoms with Gasteiger partial charge in [0, 0.05) is 29.6 Å². The summed E-state index contributed by atoms with van der Waals surface area (Å²) in [6.07, 6.45) is 5.21. The number of rotatable bonds is 2. The molecule has 1 aromatic heterocycles. The van der Waals surface area contributed by atoms with Gasteiger partial charge in [0.05, 0.1) is 11.6 Å². The summed E-state index contributed by atoms with van der Waals surface area (Å²) in [6, 6.07) is 9.60. The van der Waals surface area contributed by atoms with E-state index in [0.717, 1.165) is 42.7 Å². The van der Waals surface area contributed by atoms with Gasteiger partial charge in [-0.15, -0.1) is 0 Å². The average molecular weight is 320 g/mol. The predicted octanol–water partition coefficient (Wildman–Crippen LogP) is 2.32. The van der Waals surface area contributed by atoms with Gasteiger partial charge in [-0.05, 0) is 50.4 Å². The fourth-order valence-electron chi connectivity index (χ4n) is 3.95. The number of piperidine rings is 1. The van der Waals surface area contributed by atoms with Crippen molar-refractivity contribution in [3.63, 3.8) is 0 Å². The zero-order chi connectivity index (χ0) is 16.5. The number of amides is 1. The minimum absolute atomic E-state index is 0.142. The zero-order valence-electron chi connectivity index (χ0n) is 13.5. The number of carbonyl (C=O) groups excluding carboxylic acids is 1. The molecule has 122 valence electrons. The van der Waals surface area contributed by atoms with E-state index in [1.54, 1.807) is 18.3 Å². The Kier molecular flexibility index (Phi) is 3.91. The van der Waals surface area contributed by atoms with Crippen molar-refractivity contribution in [3.05, 3.63) is 41.7 Å². The number of carbonyl (C=O) groups is 1. The topological polar surface area (TPSA) is 69.0 Å². The maximum atomic E-state index is 12.6. The number of pyridine rings is 1. The molecule has 3 aliphatic rings. The average Bonchev–Trinajstić information content (AvgIpc) is 2.93. The van der Waals surface area contributed by atoms with E-state index in [-0.39, 0.29) is 11.9 Å². The summed E-state index contributed by atoms with van der Waals surface area (Å²) < 4.78 is 0. The lowest BCUT2D eigenvalue weighted by atomic mass is 9.94. The Labute approximate surface area is 141 Å². The Bertz CT molecular complexity index is 804. The lowest BCUT2D eigenvalue weighted by Crippen LogP contribution is -2.42. The highest BCUT2D eigenvalue weighted by Crippen LogP contribution is 2.27. The molecule has 5 heteroatoms. The van der Waals surface area contributed by atoms with Gasteiger partial charge in [0.1, 0.15) is 5.69 Å². The van der Waals surface area contributed by atoms with Crippen LogP contribution in [0, 0.1) is 17.2 Å². The monoisotopic (exact) mass is 320 g/mol. The van der Waals surface area contributed by atoms with E-state index in [1.165, 1.54) is 12.8 Å². The fraction of sp³-hybridized carbons (Fsp3) is 0.421. The van der Waals surface area contributed by atoms with Crippen LogP contribution in [0.15, 0.2) is 30.5 Å². The van der Waals surface area contributed by atoms with Crippen LogP contribution >= 0.6 is 0 Å². The smallest absolute Gasteiger partial charge is 0.270 e. The van der Waals surface area contributed by atoms with Crippen molar-refractivity contribution in [2.24, 2.45) is 5.92 Å². The predicted molar refractivity (Wildman–Crippen MR) is 91.5 cm³/mol. The lowest BCUT2D eigenvalue weighted by molar-refractivity contribution is 0.0924. The lowest BCUT2D eigenvalue weighted by Gasteiger charge is -2.26. The van der Waals surface area contributed by atoms with E-state index >= 15 is 0 Å². The maximum Gasteiger partial charge on any atom is 0.270 e. The molecule has 4 heterocycles. The van der Waals surface area contributed by atoms with Gasteiger partial charge < -0.3 is 10.2 Å². The molecule has 1 unspecified atom stereocenters. The van der Waals surface area contributed by atoms with E-state index in [9.17, 15) is 10.1 Å². The Balaban J connectivity index is 1.56. The number of nitriles is 1. The molecule has 2 bridgehead atoms. The van der Waals surface area contributed by atoms with Crippen LogP contribution in [0.4, 0.5) is 0 Å². The zero-order valence-corrected chi connectivity index (χ0v) is 13.5. The molecule has 5 nitrogen and oxygen atoms in total. The molecule has 2 aromatic rings. The van der Waals surface area contributed by atoms with Gasteiger partial charge >= 0.3 is 0 Å². The van der Waals surface area contributed by atoms with Crippen molar-refractivity contribution in [3.8, 4) is 6.07 Å². The van der Waals surface area contributed by atoms with Crippen LogP contribution in [-0.2, 0) is 0 Å². The summed E-state index contributed by atoms with van der Waals surface area (Å²) in [4.78, 5) is 19.4. The van der Waals surface area contributed by atoms with Gasteiger partial charge in [-0.25, -0.2) is 0 Å². The van der Waals surface area contributed by atoms with E-state index in [4.69, 9.17) is 0 Å².